The molecule has 1 N–H and O–H groups in total. The number of allylic oxidation sites excluding steroid dienone is 2. The van der Waals surface area contributed by atoms with Gasteiger partial charge in [0.2, 0.25) is 0 Å². The first-order valence-electron chi connectivity index (χ1n) is 8.49. The molecular weight excluding hydrogens is 353 g/mol. The Labute approximate surface area is 154 Å². The van der Waals surface area contributed by atoms with E-state index < -0.39 is 40.6 Å². The van der Waals surface area contributed by atoms with Crippen LogP contribution in [0.4, 0.5) is 13.2 Å². The van der Waals surface area contributed by atoms with Gasteiger partial charge in [-0.05, 0) is 42.4 Å². The van der Waals surface area contributed by atoms with Crippen LogP contribution in [0.1, 0.15) is 36.3 Å². The highest BCUT2D eigenvalue weighted by atomic mass is 19.4. The van der Waals surface area contributed by atoms with Crippen molar-refractivity contribution < 1.29 is 13.2 Å². The summed E-state index contributed by atoms with van der Waals surface area (Å²) >= 11 is 0. The van der Waals surface area contributed by atoms with Gasteiger partial charge in [-0.3, -0.25) is 0 Å². The summed E-state index contributed by atoms with van der Waals surface area (Å²) in [7, 11) is 0. The molecule has 0 aromatic heterocycles. The molecule has 27 heavy (non-hydrogen) atoms. The van der Waals surface area contributed by atoms with Crippen molar-refractivity contribution in [2.75, 3.05) is 0 Å². The number of halogens is 3. The number of rotatable bonds is 1. The highest BCUT2D eigenvalue weighted by Gasteiger charge is 2.58. The van der Waals surface area contributed by atoms with Gasteiger partial charge < -0.3 is 5.41 Å². The predicted molar refractivity (Wildman–Crippen MR) is 90.1 cm³/mol. The minimum atomic E-state index is -4.65. The molecule has 0 bridgehead atoms. The molecule has 2 aliphatic carbocycles. The lowest BCUT2D eigenvalue weighted by Crippen LogP contribution is -2.49. The molecule has 3 atom stereocenters. The fraction of sp³-hybridized carbons (Fsp3) is 0.400. The fourth-order valence-corrected chi connectivity index (χ4v) is 4.38. The van der Waals surface area contributed by atoms with Crippen LogP contribution >= 0.6 is 0 Å². The van der Waals surface area contributed by atoms with Crippen LogP contribution in [0.3, 0.4) is 0 Å². The zero-order valence-electron chi connectivity index (χ0n) is 14.2. The van der Waals surface area contributed by atoms with Gasteiger partial charge in [0.05, 0.1) is 29.5 Å². The van der Waals surface area contributed by atoms with Crippen LogP contribution in [0.15, 0.2) is 35.9 Å². The molecule has 0 spiro atoms. The van der Waals surface area contributed by atoms with E-state index in [4.69, 9.17) is 5.41 Å². The molecule has 7 heteroatoms. The Morgan fingerprint density at radius 2 is 1.78 bits per heavy atom. The Balaban J connectivity index is 2.33. The fourth-order valence-electron chi connectivity index (χ4n) is 4.38. The van der Waals surface area contributed by atoms with Crippen molar-refractivity contribution in [3.8, 4) is 18.2 Å². The average Bonchev–Trinajstić information content (AvgIpc) is 2.66. The van der Waals surface area contributed by atoms with E-state index in [-0.39, 0.29) is 5.56 Å². The van der Waals surface area contributed by atoms with Crippen molar-refractivity contribution in [3.63, 3.8) is 0 Å². The van der Waals surface area contributed by atoms with Gasteiger partial charge in [0.25, 0.3) is 0 Å². The van der Waals surface area contributed by atoms with Gasteiger partial charge in [0.15, 0.2) is 5.41 Å². The van der Waals surface area contributed by atoms with Gasteiger partial charge >= 0.3 is 6.18 Å². The van der Waals surface area contributed by atoms with Crippen LogP contribution in [0.25, 0.3) is 0 Å². The molecule has 0 aliphatic heterocycles. The third kappa shape index (κ3) is 2.69. The number of alkyl halides is 3. The average molecular weight is 368 g/mol. The summed E-state index contributed by atoms with van der Waals surface area (Å²) in [5.74, 6) is -2.75. The Hall–Kier alpha value is -3.11. The third-order valence-corrected chi connectivity index (χ3v) is 5.53. The monoisotopic (exact) mass is 368 g/mol. The molecule has 0 radical (unpaired) electrons. The maximum absolute atomic E-state index is 13.6. The molecule has 0 amide bonds. The molecule has 0 unspecified atom stereocenters. The first kappa shape index (κ1) is 18.7. The normalized spacial score (nSPS) is 26.7. The summed E-state index contributed by atoms with van der Waals surface area (Å²) in [6.45, 7) is 0. The van der Waals surface area contributed by atoms with Crippen molar-refractivity contribution in [1.82, 2.24) is 0 Å². The summed E-state index contributed by atoms with van der Waals surface area (Å²) in [6.07, 6.45) is -1.04. The Morgan fingerprint density at radius 1 is 1.11 bits per heavy atom. The Kier molecular flexibility index (Phi) is 4.54. The van der Waals surface area contributed by atoms with Gasteiger partial charge in [-0.25, -0.2) is 0 Å². The van der Waals surface area contributed by atoms with Crippen LogP contribution < -0.4 is 0 Å². The van der Waals surface area contributed by atoms with Crippen molar-refractivity contribution in [2.45, 2.75) is 31.4 Å². The van der Waals surface area contributed by atoms with E-state index in [1.165, 1.54) is 18.2 Å². The van der Waals surface area contributed by atoms with E-state index in [2.05, 4.69) is 0 Å². The van der Waals surface area contributed by atoms with Gasteiger partial charge in [-0.2, -0.15) is 29.0 Å². The van der Waals surface area contributed by atoms with Crippen LogP contribution in [0.2, 0.25) is 0 Å². The quantitative estimate of drug-likeness (QED) is 0.726. The van der Waals surface area contributed by atoms with E-state index in [0.29, 0.717) is 24.8 Å². The van der Waals surface area contributed by atoms with E-state index in [1.807, 2.05) is 18.2 Å². The second-order valence-electron chi connectivity index (χ2n) is 6.81. The summed E-state index contributed by atoms with van der Waals surface area (Å²) in [5, 5.41) is 37.6. The number of hydrogen-bond acceptors (Lipinski definition) is 4. The van der Waals surface area contributed by atoms with E-state index in [9.17, 15) is 29.0 Å². The Bertz CT molecular complexity index is 926. The number of hydrogen-bond donors (Lipinski definition) is 1. The predicted octanol–water partition coefficient (Wildman–Crippen LogP) is 4.72. The second kappa shape index (κ2) is 6.56. The van der Waals surface area contributed by atoms with E-state index in [1.54, 1.807) is 6.08 Å². The third-order valence-electron chi connectivity index (χ3n) is 5.53. The smallest absolute Gasteiger partial charge is 0.305 e. The van der Waals surface area contributed by atoms with Gasteiger partial charge in [0, 0.05) is 5.92 Å². The van der Waals surface area contributed by atoms with Crippen LogP contribution in [0.5, 0.6) is 0 Å². The SMILES string of the molecule is N#C[C@@H]1C(=N)C(C#N)(C#N)[C@H](c2ccccc2C(F)(F)F)[C@@H]2CCCC=C12. The van der Waals surface area contributed by atoms with E-state index in [0.717, 1.165) is 6.07 Å². The minimum Gasteiger partial charge on any atom is -0.305 e. The first-order valence-corrected chi connectivity index (χ1v) is 8.49. The van der Waals surface area contributed by atoms with Crippen molar-refractivity contribution >= 4 is 5.71 Å². The van der Waals surface area contributed by atoms with Crippen molar-refractivity contribution in [1.29, 1.82) is 21.2 Å². The van der Waals surface area contributed by atoms with Crippen molar-refractivity contribution in [2.24, 2.45) is 17.3 Å². The number of benzene rings is 1. The summed E-state index contributed by atoms with van der Waals surface area (Å²) in [5.41, 5.74) is -3.04. The van der Waals surface area contributed by atoms with Gasteiger partial charge in [-0.1, -0.05) is 24.3 Å². The zero-order valence-corrected chi connectivity index (χ0v) is 14.2. The molecule has 0 heterocycles. The summed E-state index contributed by atoms with van der Waals surface area (Å²) in [6, 6.07) is 10.5. The lowest BCUT2D eigenvalue weighted by molar-refractivity contribution is -0.138. The van der Waals surface area contributed by atoms with Crippen molar-refractivity contribution in [3.05, 3.63) is 47.0 Å². The largest absolute Gasteiger partial charge is 0.416 e. The van der Waals surface area contributed by atoms with Gasteiger partial charge in [0.1, 0.15) is 5.92 Å². The molecule has 2 aliphatic rings. The highest BCUT2D eigenvalue weighted by Crippen LogP contribution is 2.56. The zero-order chi connectivity index (χ0) is 19.8. The van der Waals surface area contributed by atoms with Crippen LogP contribution in [-0.4, -0.2) is 5.71 Å². The summed E-state index contributed by atoms with van der Waals surface area (Å²) in [4.78, 5) is 0. The molecule has 1 aromatic rings. The Morgan fingerprint density at radius 3 is 2.37 bits per heavy atom. The lowest BCUT2D eigenvalue weighted by atomic mass is 9.53. The first-order chi connectivity index (χ1) is 12.8. The molecule has 0 saturated heterocycles. The highest BCUT2D eigenvalue weighted by molar-refractivity contribution is 6.00. The van der Waals surface area contributed by atoms with E-state index >= 15 is 0 Å². The van der Waals surface area contributed by atoms with Crippen LogP contribution in [-0.2, 0) is 6.18 Å². The number of fused-ring (bicyclic) bond motifs is 1. The maximum atomic E-state index is 13.6. The maximum Gasteiger partial charge on any atom is 0.416 e. The van der Waals surface area contributed by atoms with Gasteiger partial charge in [-0.15, -0.1) is 0 Å². The molecule has 1 aromatic carbocycles. The second-order valence-corrected chi connectivity index (χ2v) is 6.81. The molecule has 1 saturated carbocycles. The summed E-state index contributed by atoms with van der Waals surface area (Å²) < 4.78 is 40.9. The van der Waals surface area contributed by atoms with Crippen LogP contribution in [0, 0.1) is 56.7 Å². The minimum absolute atomic E-state index is 0.160. The molecular formula is C20H15F3N4. The molecule has 1 fully saturated rings. The number of nitriles is 3. The molecule has 3 rings (SSSR count). The standard InChI is InChI=1S/C20H15F3N4/c21-20(22,23)16-8-4-3-7-14(16)17-13-6-2-1-5-12(13)15(9-24)18(27)19(17,10-25)11-26/h3-5,7-8,13,15,17,27H,1-2,6H2/t13-,15+,17+/m1/s1. The molecule has 4 nitrogen and oxygen atoms in total. The number of nitrogens with one attached hydrogen (secondary N) is 1. The topological polar surface area (TPSA) is 95.2 Å². The molecule has 136 valence electrons. The lowest BCUT2D eigenvalue weighted by Gasteiger charge is -2.46. The number of nitrogens with zero attached hydrogens (tertiary/aromatic N) is 3.